The van der Waals surface area contributed by atoms with Crippen LogP contribution in [0.1, 0.15) is 17.5 Å². The van der Waals surface area contributed by atoms with Gasteiger partial charge in [-0.3, -0.25) is 19.4 Å². The first-order chi connectivity index (χ1) is 15.0. The summed E-state index contributed by atoms with van der Waals surface area (Å²) in [6.45, 7) is 3.01. The van der Waals surface area contributed by atoms with Crippen LogP contribution in [-0.4, -0.2) is 51.1 Å². The van der Waals surface area contributed by atoms with Gasteiger partial charge in [-0.25, -0.2) is 4.90 Å². The maximum Gasteiger partial charge on any atom is 0.257 e. The van der Waals surface area contributed by atoms with Crippen LogP contribution >= 0.6 is 23.5 Å². The number of hydrogen-bond donors (Lipinski definition) is 0. The Balaban J connectivity index is 1.56. The van der Waals surface area contributed by atoms with Crippen LogP contribution in [0.2, 0.25) is 0 Å². The standard InChI is InChI=1S/C23H23N3O3S2/c1-16-7-9-18(10-8-16)26-20(27)13-19(22(26)29)25(14-17-5-3-2-4-6-17)21(28)15-31-23-24-11-12-30-23/h2-10,19H,11-15H2,1H3. The van der Waals surface area contributed by atoms with Crippen molar-refractivity contribution >= 4 is 51.3 Å². The van der Waals surface area contributed by atoms with Crippen molar-refractivity contribution in [1.82, 2.24) is 4.90 Å². The minimum absolute atomic E-state index is 0.00829. The van der Waals surface area contributed by atoms with Crippen molar-refractivity contribution in [3.05, 3.63) is 65.7 Å². The normalized spacial score (nSPS) is 18.4. The van der Waals surface area contributed by atoms with Gasteiger partial charge in [-0.2, -0.15) is 0 Å². The first-order valence-electron chi connectivity index (χ1n) is 10.1. The Labute approximate surface area is 190 Å². The third kappa shape index (κ3) is 5.02. The van der Waals surface area contributed by atoms with E-state index in [0.717, 1.165) is 27.8 Å². The van der Waals surface area contributed by atoms with E-state index in [0.29, 0.717) is 5.69 Å². The number of hydrogen-bond acceptors (Lipinski definition) is 6. The first kappa shape index (κ1) is 21.6. The third-order valence-electron chi connectivity index (χ3n) is 5.18. The Kier molecular flexibility index (Phi) is 6.77. The van der Waals surface area contributed by atoms with E-state index in [9.17, 15) is 14.4 Å². The number of aliphatic imine (C=N–C) groups is 1. The molecule has 0 aromatic heterocycles. The molecule has 3 amide bonds. The third-order valence-corrected chi connectivity index (χ3v) is 7.42. The quantitative estimate of drug-likeness (QED) is 0.626. The van der Waals surface area contributed by atoms with Crippen molar-refractivity contribution in [1.29, 1.82) is 0 Å². The number of benzene rings is 2. The molecule has 0 saturated carbocycles. The molecule has 2 aromatic carbocycles. The number of anilines is 1. The predicted octanol–water partition coefficient (Wildman–Crippen LogP) is 3.49. The van der Waals surface area contributed by atoms with Crippen LogP contribution in [0.25, 0.3) is 0 Å². The fourth-order valence-corrected chi connectivity index (χ4v) is 5.48. The second-order valence-corrected chi connectivity index (χ2v) is 9.72. The highest BCUT2D eigenvalue weighted by atomic mass is 32.2. The van der Waals surface area contributed by atoms with Gasteiger partial charge in [0, 0.05) is 12.3 Å². The van der Waals surface area contributed by atoms with Gasteiger partial charge in [0.15, 0.2) is 0 Å². The van der Waals surface area contributed by atoms with Crippen molar-refractivity contribution in [2.75, 3.05) is 23.0 Å². The molecule has 2 heterocycles. The minimum Gasteiger partial charge on any atom is -0.325 e. The van der Waals surface area contributed by atoms with E-state index in [2.05, 4.69) is 4.99 Å². The molecule has 2 aliphatic rings. The summed E-state index contributed by atoms with van der Waals surface area (Å²) in [5.41, 5.74) is 2.51. The van der Waals surface area contributed by atoms with Crippen LogP contribution in [0.4, 0.5) is 5.69 Å². The second kappa shape index (κ2) is 9.70. The van der Waals surface area contributed by atoms with Crippen molar-refractivity contribution in [3.8, 4) is 0 Å². The summed E-state index contributed by atoms with van der Waals surface area (Å²) in [6.07, 6.45) is -0.00829. The number of imide groups is 1. The van der Waals surface area contributed by atoms with Gasteiger partial charge < -0.3 is 4.90 Å². The number of carbonyl (C=O) groups is 3. The molecule has 0 spiro atoms. The van der Waals surface area contributed by atoms with Crippen molar-refractivity contribution in [3.63, 3.8) is 0 Å². The number of amides is 3. The molecule has 2 aromatic rings. The fourth-order valence-electron chi connectivity index (χ4n) is 3.59. The highest BCUT2D eigenvalue weighted by Gasteiger charge is 2.44. The molecule has 0 aliphatic carbocycles. The van der Waals surface area contributed by atoms with Gasteiger partial charge in [-0.05, 0) is 24.6 Å². The van der Waals surface area contributed by atoms with E-state index in [1.807, 2.05) is 49.4 Å². The average molecular weight is 454 g/mol. The molecule has 6 nitrogen and oxygen atoms in total. The molecule has 4 rings (SSSR count). The number of carbonyl (C=O) groups excluding carboxylic acids is 3. The van der Waals surface area contributed by atoms with Gasteiger partial charge in [0.25, 0.3) is 5.91 Å². The molecular weight excluding hydrogens is 430 g/mol. The van der Waals surface area contributed by atoms with Crippen molar-refractivity contribution in [2.24, 2.45) is 4.99 Å². The second-order valence-electron chi connectivity index (χ2n) is 7.41. The van der Waals surface area contributed by atoms with Gasteiger partial charge in [0.2, 0.25) is 11.8 Å². The highest BCUT2D eigenvalue weighted by Crippen LogP contribution is 2.28. The van der Waals surface area contributed by atoms with Gasteiger partial charge in [0.1, 0.15) is 10.4 Å². The van der Waals surface area contributed by atoms with E-state index in [1.165, 1.54) is 16.7 Å². The highest BCUT2D eigenvalue weighted by molar-refractivity contribution is 8.39. The SMILES string of the molecule is Cc1ccc(N2C(=O)CC(N(Cc3ccccc3)C(=O)CSC3=NCCS3)C2=O)cc1. The van der Waals surface area contributed by atoms with Crippen LogP contribution in [0, 0.1) is 6.92 Å². The van der Waals surface area contributed by atoms with Crippen LogP contribution in [0.5, 0.6) is 0 Å². The summed E-state index contributed by atoms with van der Waals surface area (Å²) in [4.78, 5) is 46.4. The molecule has 2 aliphatic heterocycles. The molecule has 0 bridgehead atoms. The number of aryl methyl sites for hydroxylation is 1. The van der Waals surface area contributed by atoms with E-state index < -0.39 is 6.04 Å². The van der Waals surface area contributed by atoms with Crippen LogP contribution in [0.15, 0.2) is 59.6 Å². The predicted molar refractivity (Wildman–Crippen MR) is 126 cm³/mol. The molecule has 1 fully saturated rings. The van der Waals surface area contributed by atoms with E-state index in [1.54, 1.807) is 28.8 Å². The van der Waals surface area contributed by atoms with Crippen LogP contribution < -0.4 is 4.90 Å². The molecular formula is C23H23N3O3S2. The molecule has 1 unspecified atom stereocenters. The summed E-state index contributed by atoms with van der Waals surface area (Å²) in [6, 6.07) is 16.0. The lowest BCUT2D eigenvalue weighted by Crippen LogP contribution is -2.45. The van der Waals surface area contributed by atoms with Gasteiger partial charge in [-0.1, -0.05) is 71.6 Å². The summed E-state index contributed by atoms with van der Waals surface area (Å²) in [5, 5.41) is 0. The van der Waals surface area contributed by atoms with E-state index >= 15 is 0 Å². The zero-order chi connectivity index (χ0) is 21.8. The summed E-state index contributed by atoms with van der Waals surface area (Å²) < 4.78 is 0.906. The molecule has 0 radical (unpaired) electrons. The molecule has 1 atom stereocenters. The molecule has 8 heteroatoms. The van der Waals surface area contributed by atoms with Gasteiger partial charge >= 0.3 is 0 Å². The minimum atomic E-state index is -0.805. The Hall–Kier alpha value is -2.58. The Morgan fingerprint density at radius 1 is 1.16 bits per heavy atom. The maximum atomic E-state index is 13.3. The lowest BCUT2D eigenvalue weighted by Gasteiger charge is -2.28. The lowest BCUT2D eigenvalue weighted by molar-refractivity contribution is -0.136. The summed E-state index contributed by atoms with van der Waals surface area (Å²) in [5.74, 6) is 0.330. The smallest absolute Gasteiger partial charge is 0.257 e. The van der Waals surface area contributed by atoms with Gasteiger partial charge in [0.05, 0.1) is 24.4 Å². The Morgan fingerprint density at radius 3 is 2.58 bits per heavy atom. The van der Waals surface area contributed by atoms with Crippen molar-refractivity contribution in [2.45, 2.75) is 25.9 Å². The summed E-state index contributed by atoms with van der Waals surface area (Å²) in [7, 11) is 0. The van der Waals surface area contributed by atoms with E-state index in [-0.39, 0.29) is 36.4 Å². The molecule has 0 N–H and O–H groups in total. The zero-order valence-electron chi connectivity index (χ0n) is 17.2. The van der Waals surface area contributed by atoms with Crippen LogP contribution in [0.3, 0.4) is 0 Å². The zero-order valence-corrected chi connectivity index (χ0v) is 18.8. The number of nitrogens with zero attached hydrogens (tertiary/aromatic N) is 3. The fraction of sp³-hybridized carbons (Fsp3) is 0.304. The molecule has 31 heavy (non-hydrogen) atoms. The monoisotopic (exact) mass is 453 g/mol. The Morgan fingerprint density at radius 2 is 1.90 bits per heavy atom. The Bertz CT molecular complexity index is 1010. The maximum absolute atomic E-state index is 13.3. The van der Waals surface area contributed by atoms with Crippen LogP contribution in [-0.2, 0) is 20.9 Å². The van der Waals surface area contributed by atoms with Gasteiger partial charge in [-0.15, -0.1) is 0 Å². The average Bonchev–Trinajstić information content (AvgIpc) is 3.40. The lowest BCUT2D eigenvalue weighted by atomic mass is 10.1. The first-order valence-corrected chi connectivity index (χ1v) is 12.1. The number of rotatable bonds is 6. The summed E-state index contributed by atoms with van der Waals surface area (Å²) >= 11 is 3.05. The number of thioether (sulfide) groups is 2. The molecule has 160 valence electrons. The largest absolute Gasteiger partial charge is 0.325 e. The van der Waals surface area contributed by atoms with E-state index in [4.69, 9.17) is 0 Å². The topological polar surface area (TPSA) is 70.1 Å². The van der Waals surface area contributed by atoms with Crippen molar-refractivity contribution < 1.29 is 14.4 Å². The molecule has 1 saturated heterocycles.